The molecule has 25 heavy (non-hydrogen) atoms. The van der Waals surface area contributed by atoms with Crippen LogP contribution in [0.25, 0.3) is 0 Å². The number of benzene rings is 1. The molecular formula is C18H28N2O4S. The summed E-state index contributed by atoms with van der Waals surface area (Å²) >= 11 is 0. The first kappa shape index (κ1) is 19.9. The molecular weight excluding hydrogens is 340 g/mol. The van der Waals surface area contributed by atoms with Crippen molar-refractivity contribution < 1.29 is 17.9 Å². The molecule has 1 aliphatic heterocycles. The smallest absolute Gasteiger partial charge is 0.251 e. The fourth-order valence-corrected chi connectivity index (χ4v) is 4.10. The summed E-state index contributed by atoms with van der Waals surface area (Å²) in [7, 11) is -3.52. The van der Waals surface area contributed by atoms with Crippen molar-refractivity contribution in [2.24, 2.45) is 5.92 Å². The van der Waals surface area contributed by atoms with Gasteiger partial charge in [-0.05, 0) is 36.6 Å². The molecule has 0 aliphatic carbocycles. The van der Waals surface area contributed by atoms with E-state index >= 15 is 0 Å². The molecule has 0 saturated carbocycles. The predicted molar refractivity (Wildman–Crippen MR) is 97.0 cm³/mol. The summed E-state index contributed by atoms with van der Waals surface area (Å²) in [4.78, 5) is 12.3. The third-order valence-corrected chi connectivity index (χ3v) is 6.13. The summed E-state index contributed by atoms with van der Waals surface area (Å²) in [6, 6.07) is 6.13. The highest BCUT2D eigenvalue weighted by molar-refractivity contribution is 7.89. The molecule has 1 aromatic carbocycles. The lowest BCUT2D eigenvalue weighted by molar-refractivity contribution is 0.0730. The molecule has 1 N–H and O–H groups in total. The van der Waals surface area contributed by atoms with Crippen molar-refractivity contribution in [3.05, 3.63) is 29.8 Å². The van der Waals surface area contributed by atoms with Crippen LogP contribution < -0.4 is 5.32 Å². The summed E-state index contributed by atoms with van der Waals surface area (Å²) < 4.78 is 31.7. The quantitative estimate of drug-likeness (QED) is 0.714. The van der Waals surface area contributed by atoms with E-state index in [0.717, 1.165) is 19.3 Å². The highest BCUT2D eigenvalue weighted by Gasteiger charge is 2.26. The molecule has 0 spiro atoms. The van der Waals surface area contributed by atoms with Crippen LogP contribution in [0.5, 0.6) is 0 Å². The van der Waals surface area contributed by atoms with Gasteiger partial charge in [-0.1, -0.05) is 26.7 Å². The van der Waals surface area contributed by atoms with Gasteiger partial charge in [0.2, 0.25) is 10.0 Å². The Bertz CT molecular complexity index is 650. The highest BCUT2D eigenvalue weighted by atomic mass is 32.2. The fraction of sp³-hybridized carbons (Fsp3) is 0.611. The van der Waals surface area contributed by atoms with Gasteiger partial charge in [-0.3, -0.25) is 4.79 Å². The lowest BCUT2D eigenvalue weighted by atomic mass is 10.1. The minimum atomic E-state index is -3.52. The lowest BCUT2D eigenvalue weighted by Gasteiger charge is -2.26. The molecule has 0 atom stereocenters. The van der Waals surface area contributed by atoms with Gasteiger partial charge < -0.3 is 10.1 Å². The molecule has 1 saturated heterocycles. The number of unbranched alkanes of at least 4 members (excludes halogenated alkanes) is 1. The number of ether oxygens (including phenoxy) is 1. The molecule has 7 heteroatoms. The SMILES string of the molecule is CC(C)CCCCNC(=O)c1ccc(S(=O)(=O)N2CCOCC2)cc1. The van der Waals surface area contributed by atoms with Crippen LogP contribution in [0.15, 0.2) is 29.2 Å². The standard InChI is InChI=1S/C18H28N2O4S/c1-15(2)5-3-4-10-19-18(21)16-6-8-17(9-7-16)25(22,23)20-11-13-24-14-12-20/h6-9,15H,3-5,10-14H2,1-2H3,(H,19,21). The van der Waals surface area contributed by atoms with Gasteiger partial charge in [0.1, 0.15) is 0 Å². The van der Waals surface area contributed by atoms with Gasteiger partial charge in [0.05, 0.1) is 18.1 Å². The number of rotatable bonds is 8. The Balaban J connectivity index is 1.89. The average molecular weight is 368 g/mol. The Morgan fingerprint density at radius 3 is 2.40 bits per heavy atom. The number of nitrogens with zero attached hydrogens (tertiary/aromatic N) is 1. The van der Waals surface area contributed by atoms with Gasteiger partial charge in [-0.25, -0.2) is 8.42 Å². The van der Waals surface area contributed by atoms with Crippen molar-refractivity contribution in [1.82, 2.24) is 9.62 Å². The zero-order valence-electron chi connectivity index (χ0n) is 15.0. The Hall–Kier alpha value is -1.44. The van der Waals surface area contributed by atoms with Crippen LogP contribution in [-0.2, 0) is 14.8 Å². The van der Waals surface area contributed by atoms with E-state index in [2.05, 4.69) is 19.2 Å². The Morgan fingerprint density at radius 2 is 1.80 bits per heavy atom. The third-order valence-electron chi connectivity index (χ3n) is 4.22. The minimum Gasteiger partial charge on any atom is -0.379 e. The summed E-state index contributed by atoms with van der Waals surface area (Å²) in [5.41, 5.74) is 0.477. The molecule has 0 bridgehead atoms. The molecule has 1 amide bonds. The van der Waals surface area contributed by atoms with E-state index in [-0.39, 0.29) is 10.8 Å². The molecule has 1 aromatic rings. The molecule has 1 fully saturated rings. The topological polar surface area (TPSA) is 75.7 Å². The lowest BCUT2D eigenvalue weighted by Crippen LogP contribution is -2.40. The van der Waals surface area contributed by atoms with Crippen molar-refractivity contribution in [3.63, 3.8) is 0 Å². The van der Waals surface area contributed by atoms with Crippen molar-refractivity contribution in [3.8, 4) is 0 Å². The van der Waals surface area contributed by atoms with E-state index < -0.39 is 10.0 Å². The summed E-state index contributed by atoms with van der Waals surface area (Å²) in [6.45, 7) is 6.56. The minimum absolute atomic E-state index is 0.167. The largest absolute Gasteiger partial charge is 0.379 e. The van der Waals surface area contributed by atoms with Crippen molar-refractivity contribution in [2.45, 2.75) is 38.0 Å². The van der Waals surface area contributed by atoms with Crippen molar-refractivity contribution in [2.75, 3.05) is 32.8 Å². The van der Waals surface area contributed by atoms with Crippen LogP contribution in [0.4, 0.5) is 0 Å². The van der Waals surface area contributed by atoms with Gasteiger partial charge in [0.25, 0.3) is 5.91 Å². The van der Waals surface area contributed by atoms with Crippen molar-refractivity contribution >= 4 is 15.9 Å². The van der Waals surface area contributed by atoms with E-state index in [4.69, 9.17) is 4.74 Å². The van der Waals surface area contributed by atoms with Crippen LogP contribution in [-0.4, -0.2) is 51.5 Å². The first-order chi connectivity index (χ1) is 11.9. The van der Waals surface area contributed by atoms with Crippen LogP contribution in [0.3, 0.4) is 0 Å². The second kappa shape index (κ2) is 9.31. The number of nitrogens with one attached hydrogen (secondary N) is 1. The number of amides is 1. The maximum atomic E-state index is 12.5. The van der Waals surface area contributed by atoms with Crippen LogP contribution in [0.1, 0.15) is 43.5 Å². The van der Waals surface area contributed by atoms with E-state index in [1.165, 1.54) is 16.4 Å². The molecule has 2 rings (SSSR count). The second-order valence-corrected chi connectivity index (χ2v) is 8.62. The number of morpholine rings is 1. The molecule has 140 valence electrons. The molecule has 1 heterocycles. The molecule has 0 radical (unpaired) electrons. The average Bonchev–Trinajstić information content (AvgIpc) is 2.62. The Kier molecular flexibility index (Phi) is 7.40. The Labute approximate surface area is 150 Å². The predicted octanol–water partition coefficient (Wildman–Crippen LogP) is 2.26. The number of hydrogen-bond donors (Lipinski definition) is 1. The van der Waals surface area contributed by atoms with Gasteiger partial charge in [-0.15, -0.1) is 0 Å². The van der Waals surface area contributed by atoms with E-state index in [1.54, 1.807) is 12.1 Å². The van der Waals surface area contributed by atoms with Gasteiger partial charge in [0, 0.05) is 25.2 Å². The normalized spacial score (nSPS) is 16.1. The number of carbonyl (C=O) groups is 1. The Morgan fingerprint density at radius 1 is 1.16 bits per heavy atom. The fourth-order valence-electron chi connectivity index (χ4n) is 2.70. The summed E-state index contributed by atoms with van der Waals surface area (Å²) in [5.74, 6) is 0.511. The zero-order valence-corrected chi connectivity index (χ0v) is 15.8. The summed E-state index contributed by atoms with van der Waals surface area (Å²) in [6.07, 6.45) is 3.20. The van der Waals surface area contributed by atoms with Gasteiger partial charge in [-0.2, -0.15) is 4.31 Å². The third kappa shape index (κ3) is 5.80. The highest BCUT2D eigenvalue weighted by Crippen LogP contribution is 2.17. The maximum absolute atomic E-state index is 12.5. The second-order valence-electron chi connectivity index (χ2n) is 6.69. The van der Waals surface area contributed by atoms with Crippen LogP contribution in [0, 0.1) is 5.92 Å². The first-order valence-corrected chi connectivity index (χ1v) is 10.3. The van der Waals surface area contributed by atoms with E-state index in [1.807, 2.05) is 0 Å². The van der Waals surface area contributed by atoms with Gasteiger partial charge >= 0.3 is 0 Å². The number of hydrogen-bond acceptors (Lipinski definition) is 4. The summed E-state index contributed by atoms with van der Waals surface area (Å²) in [5, 5.41) is 2.88. The molecule has 6 nitrogen and oxygen atoms in total. The van der Waals surface area contributed by atoms with E-state index in [9.17, 15) is 13.2 Å². The zero-order chi connectivity index (χ0) is 18.3. The van der Waals surface area contributed by atoms with Gasteiger partial charge in [0.15, 0.2) is 0 Å². The maximum Gasteiger partial charge on any atom is 0.251 e. The molecule has 0 aromatic heterocycles. The first-order valence-electron chi connectivity index (χ1n) is 8.87. The monoisotopic (exact) mass is 368 g/mol. The van der Waals surface area contributed by atoms with Crippen LogP contribution in [0.2, 0.25) is 0 Å². The van der Waals surface area contributed by atoms with Crippen LogP contribution >= 0.6 is 0 Å². The van der Waals surface area contributed by atoms with Crippen molar-refractivity contribution in [1.29, 1.82) is 0 Å². The number of carbonyl (C=O) groups excluding carboxylic acids is 1. The molecule has 0 unspecified atom stereocenters. The molecule has 1 aliphatic rings. The number of sulfonamides is 1. The van der Waals surface area contributed by atoms with E-state index in [0.29, 0.717) is 44.3 Å².